The lowest BCUT2D eigenvalue weighted by Gasteiger charge is -2.46. The number of aromatic nitrogens is 3. The van der Waals surface area contributed by atoms with Crippen LogP contribution in [0.4, 0.5) is 5.69 Å². The number of carbonyl (C=O) groups is 1. The Kier molecular flexibility index (Phi) is 5.89. The Hall–Kier alpha value is -2.48. The van der Waals surface area contributed by atoms with E-state index in [9.17, 15) is 4.79 Å². The first kappa shape index (κ1) is 25.5. The summed E-state index contributed by atoms with van der Waals surface area (Å²) in [7, 11) is 0. The maximum atomic E-state index is 14.3. The monoisotopic (exact) mass is 546 g/mol. The van der Waals surface area contributed by atoms with Gasteiger partial charge in [-0.25, -0.2) is 9.97 Å². The summed E-state index contributed by atoms with van der Waals surface area (Å²) in [5.74, 6) is 0.304. The van der Waals surface area contributed by atoms with Crippen molar-refractivity contribution in [2.45, 2.75) is 83.3 Å². The van der Waals surface area contributed by atoms with Crippen molar-refractivity contribution in [2.24, 2.45) is 5.41 Å². The fourth-order valence-corrected chi connectivity index (χ4v) is 7.82. The standard InChI is InChI=1S/C31H39ClN6O/c1-19(2)37-18-34-25-16-24(35-28(32)27(25)37)20-5-6-23-26(13-20)38(29(39)31(23)7-10-33-11-8-31)22-14-21(15-22)36-12-9-30(3,4)17-36/h5-6,13,16,18-19,21-22,33H,7-12,14-15,17H2,1-4H3. The molecule has 4 aliphatic rings. The minimum absolute atomic E-state index is 0.249. The molecule has 1 aromatic carbocycles. The van der Waals surface area contributed by atoms with Gasteiger partial charge in [0.1, 0.15) is 5.52 Å². The van der Waals surface area contributed by atoms with Gasteiger partial charge in [0.2, 0.25) is 5.91 Å². The van der Waals surface area contributed by atoms with Gasteiger partial charge < -0.3 is 14.8 Å². The number of anilines is 1. The van der Waals surface area contributed by atoms with Gasteiger partial charge in [-0.15, -0.1) is 0 Å². The zero-order valence-electron chi connectivity index (χ0n) is 23.5. The third kappa shape index (κ3) is 3.95. The molecule has 5 heterocycles. The second kappa shape index (κ2) is 9.02. The number of piperidine rings is 1. The molecular formula is C31H39ClN6O. The minimum Gasteiger partial charge on any atom is -0.326 e. The quantitative estimate of drug-likeness (QED) is 0.434. The highest BCUT2D eigenvalue weighted by molar-refractivity contribution is 6.34. The normalized spacial score (nSPS) is 26.1. The lowest BCUT2D eigenvalue weighted by atomic mass is 9.74. The molecule has 0 atom stereocenters. The predicted molar refractivity (Wildman–Crippen MR) is 156 cm³/mol. The molecule has 8 heteroatoms. The summed E-state index contributed by atoms with van der Waals surface area (Å²) in [6, 6.07) is 9.63. The van der Waals surface area contributed by atoms with Gasteiger partial charge in [-0.3, -0.25) is 9.69 Å². The van der Waals surface area contributed by atoms with Gasteiger partial charge in [-0.2, -0.15) is 0 Å². The van der Waals surface area contributed by atoms with Gasteiger partial charge in [-0.1, -0.05) is 37.6 Å². The third-order valence-corrected chi connectivity index (χ3v) is 10.2. The average Bonchev–Trinajstić information content (AvgIpc) is 3.54. The van der Waals surface area contributed by atoms with Gasteiger partial charge >= 0.3 is 0 Å². The van der Waals surface area contributed by atoms with E-state index in [1.165, 1.54) is 18.5 Å². The van der Waals surface area contributed by atoms with Gasteiger partial charge in [0.05, 0.1) is 23.0 Å². The van der Waals surface area contributed by atoms with E-state index < -0.39 is 5.41 Å². The average molecular weight is 547 g/mol. The molecule has 7 nitrogen and oxygen atoms in total. The van der Waals surface area contributed by atoms with E-state index in [0.29, 0.717) is 22.5 Å². The largest absolute Gasteiger partial charge is 0.326 e. The van der Waals surface area contributed by atoms with E-state index in [4.69, 9.17) is 16.6 Å². The summed E-state index contributed by atoms with van der Waals surface area (Å²) in [4.78, 5) is 28.5. The molecule has 3 aromatic rings. The Balaban J connectivity index is 1.25. The maximum Gasteiger partial charge on any atom is 0.238 e. The third-order valence-electron chi connectivity index (χ3n) is 9.90. The number of imidazole rings is 1. The summed E-state index contributed by atoms with van der Waals surface area (Å²) < 4.78 is 2.06. The zero-order valence-corrected chi connectivity index (χ0v) is 24.3. The highest BCUT2D eigenvalue weighted by Gasteiger charge is 2.55. The van der Waals surface area contributed by atoms with Crippen LogP contribution in [-0.4, -0.2) is 63.6 Å². The van der Waals surface area contributed by atoms with Crippen LogP contribution in [-0.2, 0) is 10.2 Å². The van der Waals surface area contributed by atoms with Crippen LogP contribution in [0.1, 0.15) is 71.4 Å². The Morgan fingerprint density at radius 2 is 1.85 bits per heavy atom. The number of pyridine rings is 1. The molecule has 3 aliphatic heterocycles. The molecule has 1 N–H and O–H groups in total. The molecule has 1 aliphatic carbocycles. The fraction of sp³-hybridized carbons (Fsp3) is 0.581. The van der Waals surface area contributed by atoms with Gasteiger partial charge in [0, 0.05) is 35.9 Å². The molecule has 0 radical (unpaired) electrons. The van der Waals surface area contributed by atoms with Crippen molar-refractivity contribution in [3.63, 3.8) is 0 Å². The van der Waals surface area contributed by atoms with Crippen LogP contribution in [0.25, 0.3) is 22.3 Å². The Morgan fingerprint density at radius 1 is 1.08 bits per heavy atom. The molecule has 0 bridgehead atoms. The first-order valence-electron chi connectivity index (χ1n) is 14.6. The first-order chi connectivity index (χ1) is 18.7. The molecule has 2 saturated heterocycles. The SMILES string of the molecule is CC(C)n1cnc2cc(-c3ccc4c(c3)N(C3CC(N5CCC(C)(C)C5)C3)C(=O)C43CCNCC3)nc(Cl)c21. The van der Waals surface area contributed by atoms with E-state index in [2.05, 4.69) is 70.6 Å². The van der Waals surface area contributed by atoms with Gasteiger partial charge in [0.15, 0.2) is 5.15 Å². The second-order valence-electron chi connectivity index (χ2n) is 13.3. The first-order valence-corrected chi connectivity index (χ1v) is 15.0. The summed E-state index contributed by atoms with van der Waals surface area (Å²) in [6.45, 7) is 13.1. The number of fused-ring (bicyclic) bond motifs is 3. The zero-order chi connectivity index (χ0) is 27.1. The van der Waals surface area contributed by atoms with E-state index in [0.717, 1.165) is 73.3 Å². The Bertz CT molecular complexity index is 1450. The molecule has 206 valence electrons. The molecule has 1 spiro atoms. The van der Waals surface area contributed by atoms with E-state index in [1.54, 1.807) is 0 Å². The molecule has 39 heavy (non-hydrogen) atoms. The maximum absolute atomic E-state index is 14.3. The number of likely N-dealkylation sites (tertiary alicyclic amines) is 1. The summed E-state index contributed by atoms with van der Waals surface area (Å²) >= 11 is 6.72. The van der Waals surface area contributed by atoms with Gasteiger partial charge in [-0.05, 0) is 88.7 Å². The van der Waals surface area contributed by atoms with Crippen molar-refractivity contribution in [2.75, 3.05) is 31.1 Å². The number of rotatable bonds is 4. The Morgan fingerprint density at radius 3 is 2.54 bits per heavy atom. The van der Waals surface area contributed by atoms with Crippen molar-refractivity contribution in [1.29, 1.82) is 0 Å². The van der Waals surface area contributed by atoms with Crippen molar-refractivity contribution in [1.82, 2.24) is 24.8 Å². The summed E-state index contributed by atoms with van der Waals surface area (Å²) in [6.07, 6.45) is 6.92. The number of halogens is 1. The molecule has 1 amide bonds. The number of hydrogen-bond acceptors (Lipinski definition) is 5. The smallest absolute Gasteiger partial charge is 0.238 e. The minimum atomic E-state index is -0.412. The lowest BCUT2D eigenvalue weighted by Crippen LogP contribution is -2.57. The highest BCUT2D eigenvalue weighted by Crippen LogP contribution is 2.51. The van der Waals surface area contributed by atoms with E-state index >= 15 is 0 Å². The van der Waals surface area contributed by atoms with Crippen LogP contribution in [0, 0.1) is 5.41 Å². The van der Waals surface area contributed by atoms with Crippen molar-refractivity contribution in [3.05, 3.63) is 41.3 Å². The van der Waals surface area contributed by atoms with Crippen molar-refractivity contribution in [3.8, 4) is 11.3 Å². The van der Waals surface area contributed by atoms with Crippen LogP contribution in [0.15, 0.2) is 30.6 Å². The number of hydrogen-bond donors (Lipinski definition) is 1. The topological polar surface area (TPSA) is 66.3 Å². The molecule has 0 unspecified atom stereocenters. The molecule has 1 saturated carbocycles. The van der Waals surface area contributed by atoms with Crippen LogP contribution >= 0.6 is 11.6 Å². The number of nitrogens with zero attached hydrogens (tertiary/aromatic N) is 5. The van der Waals surface area contributed by atoms with Crippen LogP contribution in [0.2, 0.25) is 5.15 Å². The summed E-state index contributed by atoms with van der Waals surface area (Å²) in [5.41, 5.74) is 5.76. The van der Waals surface area contributed by atoms with Crippen molar-refractivity contribution < 1.29 is 4.79 Å². The predicted octanol–water partition coefficient (Wildman–Crippen LogP) is 5.56. The number of amides is 1. The number of carbonyl (C=O) groups excluding carboxylic acids is 1. The molecular weight excluding hydrogens is 508 g/mol. The summed E-state index contributed by atoms with van der Waals surface area (Å²) in [5, 5.41) is 3.94. The van der Waals surface area contributed by atoms with Crippen LogP contribution in [0.5, 0.6) is 0 Å². The van der Waals surface area contributed by atoms with E-state index in [1.807, 2.05) is 12.4 Å². The van der Waals surface area contributed by atoms with Gasteiger partial charge in [0.25, 0.3) is 0 Å². The number of nitrogens with one attached hydrogen (secondary N) is 1. The van der Waals surface area contributed by atoms with Crippen LogP contribution in [0.3, 0.4) is 0 Å². The van der Waals surface area contributed by atoms with E-state index in [-0.39, 0.29) is 12.1 Å². The lowest BCUT2D eigenvalue weighted by molar-refractivity contribution is -0.125. The fourth-order valence-electron chi connectivity index (χ4n) is 7.54. The Labute approximate surface area is 235 Å². The highest BCUT2D eigenvalue weighted by atomic mass is 35.5. The van der Waals surface area contributed by atoms with Crippen molar-refractivity contribution >= 4 is 34.2 Å². The molecule has 7 rings (SSSR count). The van der Waals surface area contributed by atoms with Crippen LogP contribution < -0.4 is 10.2 Å². The molecule has 3 fully saturated rings. The number of benzene rings is 1. The molecule has 2 aromatic heterocycles. The second-order valence-corrected chi connectivity index (χ2v) is 13.7.